The molecule has 0 unspecified atom stereocenters. The molecule has 0 saturated heterocycles. The molecule has 2 aromatic rings. The van der Waals surface area contributed by atoms with Gasteiger partial charge in [0.05, 0.1) is 11.4 Å². The maximum Gasteiger partial charge on any atom is 0.0576 e. The van der Waals surface area contributed by atoms with Gasteiger partial charge in [-0.15, -0.1) is 0 Å². The summed E-state index contributed by atoms with van der Waals surface area (Å²) in [5.41, 5.74) is 11.7. The van der Waals surface area contributed by atoms with E-state index in [1.54, 1.807) is 0 Å². The lowest BCUT2D eigenvalue weighted by Crippen LogP contribution is -2.07. The normalized spacial score (nSPS) is 10.3. The SMILES string of the molecule is Cc1cccc(CCNc2cc(C)ccc2N)c1. The molecule has 94 valence electrons. The Morgan fingerprint density at radius 1 is 1.00 bits per heavy atom. The Labute approximate surface area is 109 Å². The number of nitrogens with two attached hydrogens (primary N) is 1. The van der Waals surface area contributed by atoms with Crippen LogP contribution < -0.4 is 11.1 Å². The number of benzene rings is 2. The van der Waals surface area contributed by atoms with E-state index in [1.165, 1.54) is 16.7 Å². The van der Waals surface area contributed by atoms with Crippen LogP contribution in [0.2, 0.25) is 0 Å². The van der Waals surface area contributed by atoms with Gasteiger partial charge >= 0.3 is 0 Å². The Morgan fingerprint density at radius 3 is 2.56 bits per heavy atom. The van der Waals surface area contributed by atoms with Gasteiger partial charge in [0.1, 0.15) is 0 Å². The highest BCUT2D eigenvalue weighted by Gasteiger charge is 1.99. The number of hydrogen-bond donors (Lipinski definition) is 2. The lowest BCUT2D eigenvalue weighted by Gasteiger charge is -2.10. The van der Waals surface area contributed by atoms with Crippen molar-refractivity contribution in [2.75, 3.05) is 17.6 Å². The monoisotopic (exact) mass is 240 g/mol. The minimum absolute atomic E-state index is 0.810. The molecular weight excluding hydrogens is 220 g/mol. The summed E-state index contributed by atoms with van der Waals surface area (Å²) >= 11 is 0. The van der Waals surface area contributed by atoms with Crippen LogP contribution in [-0.2, 0) is 6.42 Å². The van der Waals surface area contributed by atoms with Gasteiger partial charge in [0.2, 0.25) is 0 Å². The maximum atomic E-state index is 5.93. The highest BCUT2D eigenvalue weighted by atomic mass is 14.9. The molecule has 0 heterocycles. The van der Waals surface area contributed by atoms with Gasteiger partial charge in [-0.3, -0.25) is 0 Å². The number of hydrogen-bond acceptors (Lipinski definition) is 2. The minimum Gasteiger partial charge on any atom is -0.397 e. The molecule has 0 aromatic heterocycles. The predicted octanol–water partition coefficient (Wildman–Crippen LogP) is 3.54. The first kappa shape index (κ1) is 12.5. The van der Waals surface area contributed by atoms with Crippen LogP contribution in [0.3, 0.4) is 0 Å². The molecule has 18 heavy (non-hydrogen) atoms. The highest BCUT2D eigenvalue weighted by Crippen LogP contribution is 2.19. The fraction of sp³-hybridized carbons (Fsp3) is 0.250. The molecule has 0 saturated carbocycles. The zero-order valence-electron chi connectivity index (χ0n) is 11.0. The van der Waals surface area contributed by atoms with Crippen molar-refractivity contribution in [1.82, 2.24) is 0 Å². The molecule has 3 N–H and O–H groups in total. The summed E-state index contributed by atoms with van der Waals surface area (Å²) in [6, 6.07) is 14.7. The van der Waals surface area contributed by atoms with E-state index >= 15 is 0 Å². The predicted molar refractivity (Wildman–Crippen MR) is 79.0 cm³/mol. The molecule has 0 aliphatic rings. The highest BCUT2D eigenvalue weighted by molar-refractivity contribution is 5.66. The standard InChI is InChI=1S/C16H20N2/c1-12-4-3-5-14(10-12)8-9-18-16-11-13(2)6-7-15(16)17/h3-7,10-11,18H,8-9,17H2,1-2H3. The van der Waals surface area contributed by atoms with Crippen molar-refractivity contribution in [2.45, 2.75) is 20.3 Å². The summed E-state index contributed by atoms with van der Waals surface area (Å²) in [4.78, 5) is 0. The first-order valence-corrected chi connectivity index (χ1v) is 6.31. The third kappa shape index (κ3) is 3.27. The Morgan fingerprint density at radius 2 is 1.78 bits per heavy atom. The molecular formula is C16H20N2. The molecule has 0 bridgehead atoms. The lowest BCUT2D eigenvalue weighted by molar-refractivity contribution is 1.02. The van der Waals surface area contributed by atoms with E-state index in [2.05, 4.69) is 49.5 Å². The first-order chi connectivity index (χ1) is 8.65. The van der Waals surface area contributed by atoms with Crippen molar-refractivity contribution in [1.29, 1.82) is 0 Å². The fourth-order valence-corrected chi connectivity index (χ4v) is 2.03. The smallest absolute Gasteiger partial charge is 0.0576 e. The topological polar surface area (TPSA) is 38.0 Å². The Balaban J connectivity index is 1.94. The quantitative estimate of drug-likeness (QED) is 0.802. The van der Waals surface area contributed by atoms with Gasteiger partial charge in [0.15, 0.2) is 0 Å². The van der Waals surface area contributed by atoms with Gasteiger partial charge in [0.25, 0.3) is 0 Å². The van der Waals surface area contributed by atoms with Gasteiger partial charge in [-0.05, 0) is 43.5 Å². The van der Waals surface area contributed by atoms with E-state index in [0.29, 0.717) is 0 Å². The van der Waals surface area contributed by atoms with Gasteiger partial charge in [-0.25, -0.2) is 0 Å². The molecule has 0 fully saturated rings. The minimum atomic E-state index is 0.810. The number of rotatable bonds is 4. The van der Waals surface area contributed by atoms with E-state index in [4.69, 9.17) is 5.73 Å². The maximum absolute atomic E-state index is 5.93. The third-order valence-electron chi connectivity index (χ3n) is 3.02. The van der Waals surface area contributed by atoms with Crippen LogP contribution in [0.4, 0.5) is 11.4 Å². The van der Waals surface area contributed by atoms with Crippen molar-refractivity contribution in [3.8, 4) is 0 Å². The Kier molecular flexibility index (Phi) is 3.88. The van der Waals surface area contributed by atoms with Crippen molar-refractivity contribution in [3.05, 3.63) is 59.2 Å². The summed E-state index contributed by atoms with van der Waals surface area (Å²) in [6.45, 7) is 5.09. The summed E-state index contributed by atoms with van der Waals surface area (Å²) in [5.74, 6) is 0. The summed E-state index contributed by atoms with van der Waals surface area (Å²) < 4.78 is 0. The van der Waals surface area contributed by atoms with Gasteiger partial charge in [0, 0.05) is 6.54 Å². The second-order valence-corrected chi connectivity index (χ2v) is 4.76. The molecule has 0 aliphatic carbocycles. The molecule has 2 aromatic carbocycles. The van der Waals surface area contributed by atoms with Crippen LogP contribution in [0.25, 0.3) is 0 Å². The van der Waals surface area contributed by atoms with Gasteiger partial charge in [-0.1, -0.05) is 35.9 Å². The summed E-state index contributed by atoms with van der Waals surface area (Å²) in [6.07, 6.45) is 1.01. The van der Waals surface area contributed by atoms with Crippen molar-refractivity contribution < 1.29 is 0 Å². The van der Waals surface area contributed by atoms with Crippen LogP contribution in [0.5, 0.6) is 0 Å². The lowest BCUT2D eigenvalue weighted by atomic mass is 10.1. The molecule has 0 aliphatic heterocycles. The third-order valence-corrected chi connectivity index (χ3v) is 3.02. The van der Waals surface area contributed by atoms with E-state index in [1.807, 2.05) is 12.1 Å². The molecule has 2 nitrogen and oxygen atoms in total. The number of nitrogens with one attached hydrogen (secondary N) is 1. The summed E-state index contributed by atoms with van der Waals surface area (Å²) in [5, 5.41) is 3.40. The second kappa shape index (κ2) is 5.58. The van der Waals surface area contributed by atoms with E-state index in [0.717, 1.165) is 24.3 Å². The first-order valence-electron chi connectivity index (χ1n) is 6.31. The van der Waals surface area contributed by atoms with Crippen molar-refractivity contribution in [3.63, 3.8) is 0 Å². The van der Waals surface area contributed by atoms with Crippen LogP contribution in [0, 0.1) is 13.8 Å². The van der Waals surface area contributed by atoms with E-state index in [9.17, 15) is 0 Å². The Bertz CT molecular complexity index is 532. The zero-order valence-corrected chi connectivity index (χ0v) is 11.0. The molecule has 0 spiro atoms. The van der Waals surface area contributed by atoms with Crippen LogP contribution in [0.15, 0.2) is 42.5 Å². The van der Waals surface area contributed by atoms with Gasteiger partial charge in [-0.2, -0.15) is 0 Å². The molecule has 0 atom stereocenters. The average molecular weight is 240 g/mol. The number of nitrogen functional groups attached to an aromatic ring is 1. The van der Waals surface area contributed by atoms with Crippen molar-refractivity contribution >= 4 is 11.4 Å². The average Bonchev–Trinajstić information content (AvgIpc) is 2.34. The molecule has 2 heteroatoms. The van der Waals surface area contributed by atoms with Crippen LogP contribution in [-0.4, -0.2) is 6.54 Å². The van der Waals surface area contributed by atoms with E-state index in [-0.39, 0.29) is 0 Å². The second-order valence-electron chi connectivity index (χ2n) is 4.76. The van der Waals surface area contributed by atoms with Crippen LogP contribution >= 0.6 is 0 Å². The number of aryl methyl sites for hydroxylation is 2. The van der Waals surface area contributed by atoms with E-state index < -0.39 is 0 Å². The molecule has 2 rings (SSSR count). The molecule has 0 radical (unpaired) electrons. The Hall–Kier alpha value is -1.96. The van der Waals surface area contributed by atoms with Crippen LogP contribution in [0.1, 0.15) is 16.7 Å². The fourth-order valence-electron chi connectivity index (χ4n) is 2.03. The molecule has 0 amide bonds. The summed E-state index contributed by atoms with van der Waals surface area (Å²) in [7, 11) is 0. The van der Waals surface area contributed by atoms with Gasteiger partial charge < -0.3 is 11.1 Å². The largest absolute Gasteiger partial charge is 0.397 e. The zero-order chi connectivity index (χ0) is 13.0. The van der Waals surface area contributed by atoms with Crippen molar-refractivity contribution in [2.24, 2.45) is 0 Å². The number of anilines is 2.